The number of benzene rings is 2. The van der Waals surface area contributed by atoms with Crippen LogP contribution in [0.25, 0.3) is 22.4 Å². The molecule has 3 aromatic rings. The van der Waals surface area contributed by atoms with Crippen molar-refractivity contribution in [1.29, 1.82) is 0 Å². The topological polar surface area (TPSA) is 43.8 Å². The fourth-order valence-electron chi connectivity index (χ4n) is 2.81. The lowest BCUT2D eigenvalue weighted by Crippen LogP contribution is -1.99. The molecule has 2 aromatic carbocycles. The maximum Gasteiger partial charge on any atom is 0.144 e. The van der Waals surface area contributed by atoms with Crippen LogP contribution in [0.5, 0.6) is 0 Å². The van der Waals surface area contributed by atoms with E-state index in [1.165, 1.54) is 6.07 Å². The highest BCUT2D eigenvalue weighted by Crippen LogP contribution is 2.41. The van der Waals surface area contributed by atoms with Crippen molar-refractivity contribution < 1.29 is 4.39 Å². The van der Waals surface area contributed by atoms with Gasteiger partial charge in [-0.3, -0.25) is 0 Å². The van der Waals surface area contributed by atoms with E-state index in [1.54, 1.807) is 12.1 Å². The first kappa shape index (κ1) is 12.5. The average Bonchev–Trinajstić information content (AvgIpc) is 3.27. The minimum absolute atomic E-state index is 0.228. The van der Waals surface area contributed by atoms with Gasteiger partial charge in [0.2, 0.25) is 0 Å². The summed E-state index contributed by atoms with van der Waals surface area (Å²) >= 11 is 0. The Morgan fingerprint density at radius 2 is 2.00 bits per heavy atom. The van der Waals surface area contributed by atoms with Gasteiger partial charge in [-0.15, -0.1) is 0 Å². The summed E-state index contributed by atoms with van der Waals surface area (Å²) in [6, 6.07) is 13.3. The Balaban J connectivity index is 1.99. The van der Waals surface area contributed by atoms with Gasteiger partial charge in [-0.25, -0.2) is 9.37 Å². The number of halogens is 1. The molecule has 0 saturated heterocycles. The molecule has 1 aromatic heterocycles. The third kappa shape index (κ3) is 2.03. The zero-order chi connectivity index (χ0) is 14.4. The highest BCUT2D eigenvalue weighted by atomic mass is 19.1. The predicted molar refractivity (Wildman–Crippen MR) is 81.3 cm³/mol. The maximum atomic E-state index is 14.1. The van der Waals surface area contributed by atoms with Crippen LogP contribution in [0, 0.1) is 5.82 Å². The Labute approximate surface area is 122 Å². The van der Waals surface area contributed by atoms with Crippen LogP contribution in [0.1, 0.15) is 24.4 Å². The van der Waals surface area contributed by atoms with Crippen LogP contribution in [0.15, 0.2) is 42.5 Å². The number of hydrogen-bond acceptors (Lipinski definition) is 2. The monoisotopic (exact) mass is 281 g/mol. The SMILES string of the molecule is NCc1ccc2c(c1)nc(-c1ccccc1F)n2C1CC1. The second-order valence-corrected chi connectivity index (χ2v) is 5.54. The third-order valence-electron chi connectivity index (χ3n) is 4.02. The van der Waals surface area contributed by atoms with Gasteiger partial charge in [-0.05, 0) is 42.7 Å². The number of nitrogens with zero attached hydrogens (tertiary/aromatic N) is 2. The molecule has 106 valence electrons. The molecule has 0 radical (unpaired) electrons. The van der Waals surface area contributed by atoms with Crippen LogP contribution in [0.3, 0.4) is 0 Å². The summed E-state index contributed by atoms with van der Waals surface area (Å²) in [5.74, 6) is 0.494. The van der Waals surface area contributed by atoms with Gasteiger partial charge in [-0.1, -0.05) is 18.2 Å². The van der Waals surface area contributed by atoms with Gasteiger partial charge < -0.3 is 10.3 Å². The van der Waals surface area contributed by atoms with Gasteiger partial charge in [-0.2, -0.15) is 0 Å². The molecule has 1 saturated carbocycles. The number of hydrogen-bond donors (Lipinski definition) is 1. The molecule has 0 aliphatic heterocycles. The standard InChI is InChI=1S/C17H16FN3/c18-14-4-2-1-3-13(14)17-20-15-9-11(10-19)5-8-16(15)21(17)12-6-7-12/h1-5,8-9,12H,6-7,10,19H2. The van der Waals surface area contributed by atoms with Crippen molar-refractivity contribution in [3.05, 3.63) is 53.8 Å². The molecule has 4 heteroatoms. The number of rotatable bonds is 3. The zero-order valence-corrected chi connectivity index (χ0v) is 11.6. The minimum atomic E-state index is -0.228. The molecule has 1 aliphatic rings. The van der Waals surface area contributed by atoms with E-state index >= 15 is 0 Å². The number of fused-ring (bicyclic) bond motifs is 1. The van der Waals surface area contributed by atoms with E-state index in [2.05, 4.69) is 9.55 Å². The van der Waals surface area contributed by atoms with Crippen molar-refractivity contribution in [2.24, 2.45) is 5.73 Å². The van der Waals surface area contributed by atoms with Crippen molar-refractivity contribution >= 4 is 11.0 Å². The lowest BCUT2D eigenvalue weighted by atomic mass is 10.2. The molecule has 3 nitrogen and oxygen atoms in total. The summed E-state index contributed by atoms with van der Waals surface area (Å²) < 4.78 is 16.3. The van der Waals surface area contributed by atoms with Crippen molar-refractivity contribution in [2.75, 3.05) is 0 Å². The molecular weight excluding hydrogens is 265 g/mol. The van der Waals surface area contributed by atoms with Crippen LogP contribution < -0.4 is 5.73 Å². The third-order valence-corrected chi connectivity index (χ3v) is 4.02. The van der Waals surface area contributed by atoms with Gasteiger partial charge >= 0.3 is 0 Å². The summed E-state index contributed by atoms with van der Waals surface area (Å²) in [5, 5.41) is 0. The van der Waals surface area contributed by atoms with Crippen LogP contribution in [-0.4, -0.2) is 9.55 Å². The normalized spacial score (nSPS) is 14.8. The smallest absolute Gasteiger partial charge is 0.144 e. The van der Waals surface area contributed by atoms with Crippen LogP contribution >= 0.6 is 0 Å². The van der Waals surface area contributed by atoms with Crippen LogP contribution in [0.2, 0.25) is 0 Å². The number of aromatic nitrogens is 2. The Morgan fingerprint density at radius 1 is 1.19 bits per heavy atom. The van der Waals surface area contributed by atoms with Crippen molar-refractivity contribution in [2.45, 2.75) is 25.4 Å². The molecule has 1 heterocycles. The molecule has 1 aliphatic carbocycles. The largest absolute Gasteiger partial charge is 0.326 e. The molecule has 1 fully saturated rings. The Morgan fingerprint density at radius 3 is 2.71 bits per heavy atom. The molecule has 0 unspecified atom stereocenters. The van der Waals surface area contributed by atoms with Crippen molar-refractivity contribution in [3.63, 3.8) is 0 Å². The quantitative estimate of drug-likeness (QED) is 0.796. The van der Waals surface area contributed by atoms with Crippen LogP contribution in [-0.2, 0) is 6.54 Å². The minimum Gasteiger partial charge on any atom is -0.326 e. The summed E-state index contributed by atoms with van der Waals surface area (Å²) in [6.07, 6.45) is 2.26. The van der Waals surface area contributed by atoms with E-state index in [9.17, 15) is 4.39 Å². The van der Waals surface area contributed by atoms with E-state index < -0.39 is 0 Å². The second-order valence-electron chi connectivity index (χ2n) is 5.54. The van der Waals surface area contributed by atoms with Gasteiger partial charge in [0.05, 0.1) is 16.6 Å². The first-order valence-corrected chi connectivity index (χ1v) is 7.24. The first-order chi connectivity index (χ1) is 10.3. The highest BCUT2D eigenvalue weighted by molar-refractivity contribution is 5.82. The zero-order valence-electron chi connectivity index (χ0n) is 11.6. The first-order valence-electron chi connectivity index (χ1n) is 7.24. The molecule has 21 heavy (non-hydrogen) atoms. The molecule has 0 amide bonds. The maximum absolute atomic E-state index is 14.1. The van der Waals surface area contributed by atoms with Gasteiger partial charge in [0.15, 0.2) is 0 Å². The summed E-state index contributed by atoms with van der Waals surface area (Å²) in [6.45, 7) is 0.487. The van der Waals surface area contributed by atoms with Crippen LogP contribution in [0.4, 0.5) is 4.39 Å². The van der Waals surface area contributed by atoms with Crippen molar-refractivity contribution in [3.8, 4) is 11.4 Å². The van der Waals surface area contributed by atoms with Gasteiger partial charge in [0.25, 0.3) is 0 Å². The molecule has 4 rings (SSSR count). The predicted octanol–water partition coefficient (Wildman–Crippen LogP) is 3.64. The fourth-order valence-corrected chi connectivity index (χ4v) is 2.81. The van der Waals surface area contributed by atoms with E-state index in [0.29, 0.717) is 18.2 Å². The molecule has 0 spiro atoms. The molecule has 2 N–H and O–H groups in total. The van der Waals surface area contributed by atoms with E-state index in [0.717, 1.165) is 35.3 Å². The molecular formula is C17H16FN3. The van der Waals surface area contributed by atoms with Gasteiger partial charge in [0, 0.05) is 12.6 Å². The average molecular weight is 281 g/mol. The van der Waals surface area contributed by atoms with Gasteiger partial charge in [0.1, 0.15) is 11.6 Å². The van der Waals surface area contributed by atoms with E-state index in [-0.39, 0.29) is 5.82 Å². The Bertz CT molecular complexity index is 818. The second kappa shape index (κ2) is 4.67. The summed E-state index contributed by atoms with van der Waals surface area (Å²) in [5.41, 5.74) is 9.26. The summed E-state index contributed by atoms with van der Waals surface area (Å²) in [7, 11) is 0. The Kier molecular flexibility index (Phi) is 2.79. The van der Waals surface area contributed by atoms with E-state index in [1.807, 2.05) is 24.3 Å². The molecule has 0 bridgehead atoms. The highest BCUT2D eigenvalue weighted by Gasteiger charge is 2.29. The number of imidazole rings is 1. The molecule has 0 atom stereocenters. The fraction of sp³-hybridized carbons (Fsp3) is 0.235. The lowest BCUT2D eigenvalue weighted by Gasteiger charge is -2.08. The van der Waals surface area contributed by atoms with E-state index in [4.69, 9.17) is 5.73 Å². The number of nitrogens with two attached hydrogens (primary N) is 1. The summed E-state index contributed by atoms with van der Waals surface area (Å²) in [4.78, 5) is 4.68. The van der Waals surface area contributed by atoms with Crippen molar-refractivity contribution in [1.82, 2.24) is 9.55 Å². The lowest BCUT2D eigenvalue weighted by molar-refractivity contribution is 0.627. The Hall–Kier alpha value is -2.20.